The summed E-state index contributed by atoms with van der Waals surface area (Å²) >= 11 is 1.60. The van der Waals surface area contributed by atoms with E-state index in [2.05, 4.69) is 46.6 Å². The first-order chi connectivity index (χ1) is 19.0. The van der Waals surface area contributed by atoms with Crippen molar-refractivity contribution in [2.75, 3.05) is 13.1 Å². The molecule has 2 unspecified atom stereocenters. The van der Waals surface area contributed by atoms with Gasteiger partial charge in [-0.2, -0.15) is 5.10 Å². The number of amides is 1. The number of hydrogen-bond acceptors (Lipinski definition) is 6. The Morgan fingerprint density at radius 3 is 2.12 bits per heavy atom. The molecule has 1 saturated heterocycles. The van der Waals surface area contributed by atoms with Gasteiger partial charge in [0.2, 0.25) is 12.2 Å². The number of hydrogen-bond donors (Lipinski definition) is 0. The van der Waals surface area contributed by atoms with Gasteiger partial charge in [-0.1, -0.05) is 0 Å². The zero-order chi connectivity index (χ0) is 28.9. The molecule has 4 heterocycles. The van der Waals surface area contributed by atoms with E-state index >= 15 is 0 Å². The van der Waals surface area contributed by atoms with E-state index in [1.165, 1.54) is 39.4 Å². The highest BCUT2D eigenvalue weighted by atomic mass is 32.1. The van der Waals surface area contributed by atoms with E-state index in [4.69, 9.17) is 14.5 Å². The number of aromatic nitrogens is 3. The molecule has 2 aliphatic rings. The van der Waals surface area contributed by atoms with Crippen molar-refractivity contribution in [3.05, 3.63) is 66.9 Å². The molecule has 0 aliphatic carbocycles. The first kappa shape index (κ1) is 28.8. The molecule has 0 bridgehead atoms. The molecule has 10 heteroatoms. The fourth-order valence-electron chi connectivity index (χ4n) is 6.16. The summed E-state index contributed by atoms with van der Waals surface area (Å²) in [7, 11) is 0. The van der Waals surface area contributed by atoms with Crippen LogP contribution >= 0.6 is 11.3 Å². The van der Waals surface area contributed by atoms with Crippen molar-refractivity contribution in [3.63, 3.8) is 0 Å². The molecule has 216 valence electrons. The maximum atomic E-state index is 13.3. The summed E-state index contributed by atoms with van der Waals surface area (Å²) in [4.78, 5) is 19.5. The van der Waals surface area contributed by atoms with Crippen molar-refractivity contribution in [2.24, 2.45) is 0 Å². The molecular formula is C30H38F2N4O3S. The first-order valence-corrected chi connectivity index (χ1v) is 14.8. The number of ether oxygens (including phenoxy) is 2. The van der Waals surface area contributed by atoms with Crippen LogP contribution in [0.15, 0.2) is 11.4 Å². The van der Waals surface area contributed by atoms with Crippen LogP contribution in [0.5, 0.6) is 0 Å². The molecule has 0 spiro atoms. The normalized spacial score (nSPS) is 22.1. The van der Waals surface area contributed by atoms with Gasteiger partial charge in [0.05, 0.1) is 22.9 Å². The number of thiazole rings is 1. The monoisotopic (exact) mass is 572 g/mol. The Kier molecular flexibility index (Phi) is 8.14. The minimum Gasteiger partial charge on any atom is -0.341 e. The summed E-state index contributed by atoms with van der Waals surface area (Å²) in [6.45, 7) is 15.4. The smallest absolute Gasteiger partial charge is 0.280 e. The van der Waals surface area contributed by atoms with Crippen LogP contribution in [-0.2, 0) is 20.8 Å². The Labute approximate surface area is 238 Å². The number of aryl methyl sites for hydroxylation is 1. The number of carbonyl (C=O) groups is 1. The number of alkyl halides is 2. The second kappa shape index (κ2) is 11.3. The number of carbonyl (C=O) groups excluding carboxylic acids is 1. The Balaban J connectivity index is 1.25. The van der Waals surface area contributed by atoms with E-state index in [1.54, 1.807) is 23.2 Å². The van der Waals surface area contributed by atoms with Gasteiger partial charge in [-0.3, -0.25) is 9.48 Å². The molecule has 5 rings (SSSR count). The summed E-state index contributed by atoms with van der Waals surface area (Å²) in [5.74, 6) is 0.0288. The molecule has 0 radical (unpaired) electrons. The molecular weight excluding hydrogens is 534 g/mol. The summed E-state index contributed by atoms with van der Waals surface area (Å²) in [6, 6.07) is 1.33. The lowest BCUT2D eigenvalue weighted by molar-refractivity contribution is -0.188. The highest BCUT2D eigenvalue weighted by molar-refractivity contribution is 7.09. The zero-order valence-corrected chi connectivity index (χ0v) is 25.1. The third-order valence-corrected chi connectivity index (χ3v) is 9.70. The molecule has 1 amide bonds. The maximum absolute atomic E-state index is 13.3. The third kappa shape index (κ3) is 5.33. The first-order valence-electron chi connectivity index (χ1n) is 13.9. The maximum Gasteiger partial charge on any atom is 0.280 e. The summed E-state index contributed by atoms with van der Waals surface area (Å²) in [5, 5.41) is 7.12. The van der Waals surface area contributed by atoms with Crippen LogP contribution in [0.4, 0.5) is 8.78 Å². The number of halogens is 2. The zero-order valence-electron chi connectivity index (χ0n) is 24.3. The van der Waals surface area contributed by atoms with E-state index < -0.39 is 12.7 Å². The second-order valence-corrected chi connectivity index (χ2v) is 12.0. The predicted octanol–water partition coefficient (Wildman–Crippen LogP) is 7.09. The van der Waals surface area contributed by atoms with Crippen LogP contribution in [0, 0.1) is 34.6 Å². The Morgan fingerprint density at radius 2 is 1.57 bits per heavy atom. The van der Waals surface area contributed by atoms with Crippen molar-refractivity contribution < 1.29 is 23.0 Å². The van der Waals surface area contributed by atoms with E-state index in [0.29, 0.717) is 18.8 Å². The van der Waals surface area contributed by atoms with Gasteiger partial charge in [0.15, 0.2) is 0 Å². The van der Waals surface area contributed by atoms with Crippen molar-refractivity contribution in [1.29, 1.82) is 0 Å². The number of likely N-dealkylation sites (tertiary alicyclic amines) is 1. The lowest BCUT2D eigenvalue weighted by Gasteiger charge is -2.31. The molecule has 0 N–H and O–H groups in total. The second-order valence-electron chi connectivity index (χ2n) is 11.2. The predicted molar refractivity (Wildman–Crippen MR) is 150 cm³/mol. The average molecular weight is 573 g/mol. The van der Waals surface area contributed by atoms with Crippen LogP contribution in [0.1, 0.15) is 113 Å². The number of nitrogens with zero attached hydrogens (tertiary/aromatic N) is 4. The van der Waals surface area contributed by atoms with E-state index in [0.717, 1.165) is 28.2 Å². The molecule has 1 aromatic carbocycles. The van der Waals surface area contributed by atoms with Crippen molar-refractivity contribution >= 4 is 17.2 Å². The Hall–Kier alpha value is -2.69. The van der Waals surface area contributed by atoms with Gasteiger partial charge in [-0.25, -0.2) is 13.8 Å². The number of piperidine rings is 1. The lowest BCUT2D eigenvalue weighted by Crippen LogP contribution is -2.40. The molecule has 40 heavy (non-hydrogen) atoms. The van der Waals surface area contributed by atoms with Crippen LogP contribution in [0.2, 0.25) is 0 Å². The molecule has 0 saturated carbocycles. The van der Waals surface area contributed by atoms with Crippen molar-refractivity contribution in [1.82, 2.24) is 19.7 Å². The standard InChI is InChI=1S/C30H38F2N4O3S/c1-15-12-24(28(31)32)36(34-15)13-25(37)35-10-8-22(9-11-35)29-33-23(14-40-29)30-38-20(6)26-18(4)16(2)17(3)19(5)27(26)21(7)39-30/h12,14,20-22,28,30H,8-11,13H2,1-7H3. The van der Waals surface area contributed by atoms with Gasteiger partial charge in [0.1, 0.15) is 17.9 Å². The van der Waals surface area contributed by atoms with Gasteiger partial charge in [0, 0.05) is 24.4 Å². The topological polar surface area (TPSA) is 69.5 Å². The van der Waals surface area contributed by atoms with Gasteiger partial charge in [0.25, 0.3) is 6.43 Å². The quantitative estimate of drug-likeness (QED) is 0.326. The largest absolute Gasteiger partial charge is 0.341 e. The van der Waals surface area contributed by atoms with Crippen molar-refractivity contribution in [3.8, 4) is 0 Å². The average Bonchev–Trinajstić information content (AvgIpc) is 3.52. The highest BCUT2D eigenvalue weighted by Gasteiger charge is 2.34. The lowest BCUT2D eigenvalue weighted by atomic mass is 9.85. The van der Waals surface area contributed by atoms with Crippen molar-refractivity contribution in [2.45, 2.75) is 98.7 Å². The van der Waals surface area contributed by atoms with Gasteiger partial charge < -0.3 is 14.4 Å². The SMILES string of the molecule is Cc1cc(C(F)F)n(CC(=O)N2CCC(c3nc(C4OC(C)c5c(C)c(C)c(C)c(C)c5C(C)O4)cs3)CC2)n1. The van der Waals surface area contributed by atoms with Crippen LogP contribution in [0.3, 0.4) is 0 Å². The molecule has 2 aromatic heterocycles. The minimum atomic E-state index is -2.67. The number of benzene rings is 1. The van der Waals surface area contributed by atoms with Crippen LogP contribution in [-0.4, -0.2) is 38.7 Å². The summed E-state index contributed by atoms with van der Waals surface area (Å²) in [5.41, 5.74) is 8.59. The minimum absolute atomic E-state index is 0.133. The van der Waals surface area contributed by atoms with E-state index in [1.807, 2.05) is 5.38 Å². The highest BCUT2D eigenvalue weighted by Crippen LogP contribution is 2.44. The molecule has 2 aliphatic heterocycles. The summed E-state index contributed by atoms with van der Waals surface area (Å²) < 4.78 is 40.7. The van der Waals surface area contributed by atoms with Crippen LogP contribution < -0.4 is 0 Å². The fourth-order valence-corrected chi connectivity index (χ4v) is 7.16. The number of rotatable bonds is 5. The van der Waals surface area contributed by atoms with Gasteiger partial charge >= 0.3 is 0 Å². The Morgan fingerprint density at radius 1 is 1.00 bits per heavy atom. The fraction of sp³-hybridized carbons (Fsp3) is 0.567. The van der Waals surface area contributed by atoms with Gasteiger partial charge in [-0.15, -0.1) is 11.3 Å². The van der Waals surface area contributed by atoms with Gasteiger partial charge in [-0.05, 0) is 101 Å². The molecule has 7 nitrogen and oxygen atoms in total. The molecule has 3 aromatic rings. The summed E-state index contributed by atoms with van der Waals surface area (Å²) in [6.07, 6.45) is -1.97. The van der Waals surface area contributed by atoms with Crippen LogP contribution in [0.25, 0.3) is 0 Å². The molecule has 1 fully saturated rings. The number of fused-ring (bicyclic) bond motifs is 1. The molecule has 2 atom stereocenters. The third-order valence-electron chi connectivity index (χ3n) is 8.67. The van der Waals surface area contributed by atoms with E-state index in [9.17, 15) is 13.6 Å². The Bertz CT molecular complexity index is 1370. The van der Waals surface area contributed by atoms with E-state index in [-0.39, 0.29) is 36.3 Å².